The third-order valence-corrected chi connectivity index (χ3v) is 5.24. The number of nitrogens with zero attached hydrogens (tertiary/aromatic N) is 4. The Kier molecular flexibility index (Phi) is 4.34. The summed E-state index contributed by atoms with van der Waals surface area (Å²) >= 11 is 0. The molecule has 1 fully saturated rings. The van der Waals surface area contributed by atoms with Crippen LogP contribution in [-0.2, 0) is 13.0 Å². The van der Waals surface area contributed by atoms with E-state index >= 15 is 0 Å². The van der Waals surface area contributed by atoms with Gasteiger partial charge in [-0.25, -0.2) is 0 Å². The average Bonchev–Trinajstić information content (AvgIpc) is 3.22. The van der Waals surface area contributed by atoms with Gasteiger partial charge in [0, 0.05) is 30.6 Å². The molecule has 0 N–H and O–H groups in total. The zero-order valence-corrected chi connectivity index (χ0v) is 14.2. The molecule has 6 heteroatoms. The lowest BCUT2D eigenvalue weighted by atomic mass is 10.1. The van der Waals surface area contributed by atoms with E-state index in [9.17, 15) is 9.59 Å². The number of aldehydes is 1. The number of carbonyl (C=O) groups is 2. The van der Waals surface area contributed by atoms with E-state index in [4.69, 9.17) is 0 Å². The minimum Gasteiger partial charge on any atom is -0.328 e. The summed E-state index contributed by atoms with van der Waals surface area (Å²) in [4.78, 5) is 25.7. The van der Waals surface area contributed by atoms with Crippen LogP contribution in [0, 0.1) is 0 Å². The number of fused-ring (bicyclic) bond motifs is 1. The molecule has 1 aromatic heterocycles. The number of benzene rings is 1. The molecule has 2 aromatic rings. The number of rotatable bonds is 3. The Labute approximate surface area is 146 Å². The molecule has 25 heavy (non-hydrogen) atoms. The van der Waals surface area contributed by atoms with Crippen molar-refractivity contribution in [2.75, 3.05) is 6.54 Å². The van der Waals surface area contributed by atoms with E-state index in [0.29, 0.717) is 11.1 Å². The summed E-state index contributed by atoms with van der Waals surface area (Å²) in [6.07, 6.45) is 7.19. The second kappa shape index (κ2) is 6.78. The van der Waals surface area contributed by atoms with Crippen molar-refractivity contribution in [1.82, 2.24) is 19.7 Å². The van der Waals surface area contributed by atoms with E-state index < -0.39 is 0 Å². The lowest BCUT2D eigenvalue weighted by Gasteiger charge is -2.25. The van der Waals surface area contributed by atoms with Crippen molar-refractivity contribution in [3.8, 4) is 0 Å². The summed E-state index contributed by atoms with van der Waals surface area (Å²) in [6, 6.07) is 6.83. The van der Waals surface area contributed by atoms with Gasteiger partial charge in [-0.2, -0.15) is 0 Å². The van der Waals surface area contributed by atoms with Gasteiger partial charge in [-0.3, -0.25) is 9.59 Å². The minimum absolute atomic E-state index is 0.00222. The average molecular weight is 338 g/mol. The second-order valence-electron chi connectivity index (χ2n) is 6.83. The maximum Gasteiger partial charge on any atom is 0.254 e. The molecule has 3 heterocycles. The molecule has 0 spiro atoms. The number of hydrogen-bond acceptors (Lipinski definition) is 4. The molecular formula is C19H22N4O2. The number of amides is 1. The van der Waals surface area contributed by atoms with Gasteiger partial charge in [-0.05, 0) is 37.8 Å². The molecule has 1 saturated heterocycles. The summed E-state index contributed by atoms with van der Waals surface area (Å²) in [7, 11) is 0. The predicted octanol–water partition coefficient (Wildman–Crippen LogP) is 2.79. The third-order valence-electron chi connectivity index (χ3n) is 5.24. The van der Waals surface area contributed by atoms with Gasteiger partial charge < -0.3 is 9.47 Å². The van der Waals surface area contributed by atoms with Crippen molar-refractivity contribution in [3.05, 3.63) is 47.0 Å². The molecule has 2 aliphatic heterocycles. The molecule has 2 aliphatic rings. The van der Waals surface area contributed by atoms with Crippen molar-refractivity contribution in [2.45, 2.75) is 51.1 Å². The molecule has 0 aliphatic carbocycles. The molecule has 1 aromatic carbocycles. The Bertz CT molecular complexity index is 781. The first-order chi connectivity index (χ1) is 12.3. The zero-order valence-electron chi connectivity index (χ0n) is 14.2. The van der Waals surface area contributed by atoms with E-state index in [2.05, 4.69) is 14.8 Å². The third kappa shape index (κ3) is 2.97. The Morgan fingerprint density at radius 3 is 2.68 bits per heavy atom. The molecule has 130 valence electrons. The fourth-order valence-corrected chi connectivity index (χ4v) is 3.90. The summed E-state index contributed by atoms with van der Waals surface area (Å²) in [5, 5.41) is 8.83. The molecule has 6 nitrogen and oxygen atoms in total. The first-order valence-electron chi connectivity index (χ1n) is 9.06. The normalized spacial score (nSPS) is 20.2. The van der Waals surface area contributed by atoms with Crippen molar-refractivity contribution in [1.29, 1.82) is 0 Å². The minimum atomic E-state index is -0.00222. The molecule has 1 amide bonds. The van der Waals surface area contributed by atoms with Gasteiger partial charge >= 0.3 is 0 Å². The fraction of sp³-hybridized carbons (Fsp3) is 0.474. The predicted molar refractivity (Wildman–Crippen MR) is 92.4 cm³/mol. The summed E-state index contributed by atoms with van der Waals surface area (Å²) in [5.41, 5.74) is 1.20. The van der Waals surface area contributed by atoms with E-state index in [1.54, 1.807) is 24.3 Å². The summed E-state index contributed by atoms with van der Waals surface area (Å²) in [6.45, 7) is 1.69. The Morgan fingerprint density at radius 1 is 1.04 bits per heavy atom. The number of likely N-dealkylation sites (tertiary alicyclic amines) is 1. The maximum absolute atomic E-state index is 13.0. The monoisotopic (exact) mass is 338 g/mol. The van der Waals surface area contributed by atoms with Crippen LogP contribution in [0.15, 0.2) is 24.3 Å². The highest BCUT2D eigenvalue weighted by atomic mass is 16.2. The topological polar surface area (TPSA) is 68.1 Å². The highest BCUT2D eigenvalue weighted by Crippen LogP contribution is 2.33. The highest BCUT2D eigenvalue weighted by Gasteiger charge is 2.34. The fourth-order valence-electron chi connectivity index (χ4n) is 3.90. The standard InChI is InChI=1S/C19H22N4O2/c24-13-14-7-9-15(10-8-14)19(25)22-12-4-5-16(22)18-21-20-17-6-2-1-3-11-23(17)18/h7-10,13,16H,1-6,11-12H2. The first-order valence-corrected chi connectivity index (χ1v) is 9.06. The smallest absolute Gasteiger partial charge is 0.254 e. The Balaban J connectivity index is 1.61. The maximum atomic E-state index is 13.0. The van der Waals surface area contributed by atoms with Gasteiger partial charge in [0.1, 0.15) is 12.1 Å². The van der Waals surface area contributed by atoms with Crippen LogP contribution in [0.5, 0.6) is 0 Å². The van der Waals surface area contributed by atoms with Crippen molar-refractivity contribution in [2.24, 2.45) is 0 Å². The van der Waals surface area contributed by atoms with Crippen molar-refractivity contribution >= 4 is 12.2 Å². The number of aryl methyl sites for hydroxylation is 1. The second-order valence-corrected chi connectivity index (χ2v) is 6.83. The van der Waals surface area contributed by atoms with Crippen LogP contribution < -0.4 is 0 Å². The van der Waals surface area contributed by atoms with E-state index in [1.807, 2.05) is 4.90 Å². The van der Waals surface area contributed by atoms with Crippen molar-refractivity contribution in [3.63, 3.8) is 0 Å². The van der Waals surface area contributed by atoms with Crippen molar-refractivity contribution < 1.29 is 9.59 Å². The van der Waals surface area contributed by atoms with Crippen LogP contribution in [0.4, 0.5) is 0 Å². The molecule has 0 bridgehead atoms. The lowest BCUT2D eigenvalue weighted by molar-refractivity contribution is 0.0726. The van der Waals surface area contributed by atoms with E-state index in [1.165, 1.54) is 6.42 Å². The SMILES string of the molecule is O=Cc1ccc(C(=O)N2CCCC2c2nnc3n2CCCCC3)cc1. The van der Waals surface area contributed by atoms with Crippen LogP contribution in [0.3, 0.4) is 0 Å². The number of hydrogen-bond donors (Lipinski definition) is 0. The number of carbonyl (C=O) groups excluding carboxylic acids is 2. The van der Waals surface area contributed by atoms with Gasteiger partial charge in [-0.1, -0.05) is 18.6 Å². The van der Waals surface area contributed by atoms with Gasteiger partial charge in [0.05, 0.1) is 6.04 Å². The molecule has 0 radical (unpaired) electrons. The van der Waals surface area contributed by atoms with Crippen LogP contribution in [0.1, 0.15) is 70.5 Å². The van der Waals surface area contributed by atoms with Gasteiger partial charge in [0.2, 0.25) is 0 Å². The summed E-state index contributed by atoms with van der Waals surface area (Å²) < 4.78 is 2.23. The highest BCUT2D eigenvalue weighted by molar-refractivity contribution is 5.95. The van der Waals surface area contributed by atoms with Crippen LogP contribution in [0.25, 0.3) is 0 Å². The first kappa shape index (κ1) is 16.0. The zero-order chi connectivity index (χ0) is 17.2. The number of aromatic nitrogens is 3. The molecular weight excluding hydrogens is 316 g/mol. The van der Waals surface area contributed by atoms with Gasteiger partial charge in [0.15, 0.2) is 5.82 Å². The molecule has 1 unspecified atom stereocenters. The summed E-state index contributed by atoms with van der Waals surface area (Å²) in [5.74, 6) is 2.00. The Morgan fingerprint density at radius 2 is 1.88 bits per heavy atom. The quantitative estimate of drug-likeness (QED) is 0.807. The Hall–Kier alpha value is -2.50. The van der Waals surface area contributed by atoms with Gasteiger partial charge in [0.25, 0.3) is 5.91 Å². The van der Waals surface area contributed by atoms with Crippen LogP contribution >= 0.6 is 0 Å². The largest absolute Gasteiger partial charge is 0.328 e. The molecule has 4 rings (SSSR count). The van der Waals surface area contributed by atoms with E-state index in [-0.39, 0.29) is 11.9 Å². The van der Waals surface area contributed by atoms with E-state index in [0.717, 1.165) is 63.1 Å². The van der Waals surface area contributed by atoms with Crippen LogP contribution in [-0.4, -0.2) is 38.4 Å². The molecule has 1 atom stereocenters. The molecule has 0 saturated carbocycles. The van der Waals surface area contributed by atoms with Crippen LogP contribution in [0.2, 0.25) is 0 Å². The lowest BCUT2D eigenvalue weighted by Crippen LogP contribution is -2.32. The van der Waals surface area contributed by atoms with Gasteiger partial charge in [-0.15, -0.1) is 10.2 Å².